The van der Waals surface area contributed by atoms with Crippen LogP contribution in [0.1, 0.15) is 12.8 Å². The summed E-state index contributed by atoms with van der Waals surface area (Å²) in [5, 5.41) is 10.2. The Morgan fingerprint density at radius 3 is 2.43 bits per heavy atom. The first-order valence-corrected chi connectivity index (χ1v) is 5.03. The van der Waals surface area contributed by atoms with E-state index in [0.717, 1.165) is 12.8 Å². The zero-order chi connectivity index (χ0) is 9.86. The Labute approximate surface area is 83.5 Å². The Hall–Kier alpha value is -0.580. The zero-order valence-corrected chi connectivity index (χ0v) is 8.20. The molecule has 14 heavy (non-hydrogen) atoms. The van der Waals surface area contributed by atoms with Crippen molar-refractivity contribution in [3.8, 4) is 0 Å². The third kappa shape index (κ3) is 2.08. The van der Waals surface area contributed by atoms with E-state index in [2.05, 4.69) is 0 Å². The van der Waals surface area contributed by atoms with Crippen LogP contribution in [0.25, 0.3) is 0 Å². The minimum Gasteiger partial charge on any atom is -0.495 e. The first-order chi connectivity index (χ1) is 6.81. The van der Waals surface area contributed by atoms with Gasteiger partial charge >= 0.3 is 0 Å². The van der Waals surface area contributed by atoms with E-state index in [1.165, 1.54) is 0 Å². The van der Waals surface area contributed by atoms with E-state index in [-0.39, 0.29) is 13.2 Å². The summed E-state index contributed by atoms with van der Waals surface area (Å²) in [5.41, 5.74) is -1.07. The Morgan fingerprint density at radius 1 is 1.14 bits per heavy atom. The van der Waals surface area contributed by atoms with Gasteiger partial charge in [0.15, 0.2) is 5.60 Å². The van der Waals surface area contributed by atoms with Crippen LogP contribution >= 0.6 is 0 Å². The summed E-state index contributed by atoms with van der Waals surface area (Å²) < 4.78 is 16.0. The lowest BCUT2D eigenvalue weighted by Crippen LogP contribution is -2.41. The molecule has 2 aliphatic rings. The van der Waals surface area contributed by atoms with Gasteiger partial charge in [-0.15, -0.1) is 0 Å². The lowest BCUT2D eigenvalue weighted by molar-refractivity contribution is -0.0671. The van der Waals surface area contributed by atoms with Crippen LogP contribution in [-0.4, -0.2) is 43.7 Å². The molecular formula is C10H16O4. The standard InChI is InChI=1S/C10H16O4/c11-10(7-12-5-6-13-8-10)9-3-1-2-4-14-9/h3,11H,1-2,4-8H2. The fourth-order valence-corrected chi connectivity index (χ4v) is 1.67. The van der Waals surface area contributed by atoms with Crippen molar-refractivity contribution in [1.82, 2.24) is 0 Å². The molecule has 80 valence electrons. The Kier molecular flexibility index (Phi) is 3.05. The van der Waals surface area contributed by atoms with Crippen molar-refractivity contribution < 1.29 is 19.3 Å². The largest absolute Gasteiger partial charge is 0.495 e. The van der Waals surface area contributed by atoms with Crippen LogP contribution in [0.3, 0.4) is 0 Å². The maximum absolute atomic E-state index is 10.2. The molecule has 4 nitrogen and oxygen atoms in total. The number of ether oxygens (including phenoxy) is 3. The van der Waals surface area contributed by atoms with Crippen molar-refractivity contribution in [2.24, 2.45) is 0 Å². The molecule has 0 aromatic carbocycles. The quantitative estimate of drug-likeness (QED) is 0.668. The lowest BCUT2D eigenvalue weighted by Gasteiger charge is -2.30. The van der Waals surface area contributed by atoms with Crippen LogP contribution < -0.4 is 0 Å². The van der Waals surface area contributed by atoms with E-state index in [9.17, 15) is 5.11 Å². The van der Waals surface area contributed by atoms with Gasteiger partial charge in [-0.3, -0.25) is 0 Å². The highest BCUT2D eigenvalue weighted by atomic mass is 16.6. The third-order valence-corrected chi connectivity index (χ3v) is 2.45. The molecule has 0 aromatic rings. The van der Waals surface area contributed by atoms with E-state index in [1.54, 1.807) is 0 Å². The molecule has 0 radical (unpaired) electrons. The molecule has 0 saturated carbocycles. The van der Waals surface area contributed by atoms with Gasteiger partial charge in [-0.2, -0.15) is 0 Å². The monoisotopic (exact) mass is 200 g/mol. The molecule has 1 fully saturated rings. The maximum atomic E-state index is 10.2. The zero-order valence-electron chi connectivity index (χ0n) is 8.20. The second-order valence-corrected chi connectivity index (χ2v) is 3.70. The summed E-state index contributed by atoms with van der Waals surface area (Å²) in [6, 6.07) is 0. The predicted molar refractivity (Wildman–Crippen MR) is 49.9 cm³/mol. The topological polar surface area (TPSA) is 47.9 Å². The van der Waals surface area contributed by atoms with Gasteiger partial charge in [-0.05, 0) is 18.9 Å². The molecule has 0 aromatic heterocycles. The van der Waals surface area contributed by atoms with Crippen LogP contribution in [-0.2, 0) is 14.2 Å². The minimum atomic E-state index is -1.07. The molecule has 0 aliphatic carbocycles. The van der Waals surface area contributed by atoms with E-state index < -0.39 is 5.60 Å². The van der Waals surface area contributed by atoms with E-state index in [0.29, 0.717) is 25.6 Å². The Balaban J connectivity index is 2.07. The van der Waals surface area contributed by atoms with Crippen LogP contribution in [0.5, 0.6) is 0 Å². The van der Waals surface area contributed by atoms with Crippen LogP contribution in [0, 0.1) is 0 Å². The number of aliphatic hydroxyl groups is 1. The highest BCUT2D eigenvalue weighted by Crippen LogP contribution is 2.25. The number of allylic oxidation sites excluding steroid dienone is 1. The van der Waals surface area contributed by atoms with Crippen LogP contribution in [0.15, 0.2) is 11.8 Å². The second kappa shape index (κ2) is 4.29. The highest BCUT2D eigenvalue weighted by Gasteiger charge is 2.36. The molecule has 2 aliphatic heterocycles. The summed E-state index contributed by atoms with van der Waals surface area (Å²) >= 11 is 0. The molecule has 1 N–H and O–H groups in total. The normalized spacial score (nSPS) is 27.4. The molecule has 0 spiro atoms. The second-order valence-electron chi connectivity index (χ2n) is 3.70. The van der Waals surface area contributed by atoms with Gasteiger partial charge in [-0.1, -0.05) is 0 Å². The molecule has 0 amide bonds. The van der Waals surface area contributed by atoms with Crippen molar-refractivity contribution >= 4 is 0 Å². The molecule has 1 saturated heterocycles. The average molecular weight is 200 g/mol. The van der Waals surface area contributed by atoms with Gasteiger partial charge < -0.3 is 19.3 Å². The van der Waals surface area contributed by atoms with E-state index in [4.69, 9.17) is 14.2 Å². The van der Waals surface area contributed by atoms with Gasteiger partial charge in [0.25, 0.3) is 0 Å². The van der Waals surface area contributed by atoms with E-state index in [1.807, 2.05) is 6.08 Å². The summed E-state index contributed by atoms with van der Waals surface area (Å²) in [4.78, 5) is 0. The van der Waals surface area contributed by atoms with Gasteiger partial charge in [0, 0.05) is 0 Å². The predicted octanol–water partition coefficient (Wildman–Crippen LogP) is 0.459. The Bertz CT molecular complexity index is 216. The fraction of sp³-hybridized carbons (Fsp3) is 0.800. The number of rotatable bonds is 1. The molecule has 0 atom stereocenters. The summed E-state index contributed by atoms with van der Waals surface area (Å²) in [6.07, 6.45) is 3.90. The van der Waals surface area contributed by atoms with Crippen molar-refractivity contribution in [3.05, 3.63) is 11.8 Å². The average Bonchev–Trinajstić information content (AvgIpc) is 2.46. The van der Waals surface area contributed by atoms with Gasteiger partial charge in [0.05, 0.1) is 33.0 Å². The summed E-state index contributed by atoms with van der Waals surface area (Å²) in [5.74, 6) is 0.616. The fourth-order valence-electron chi connectivity index (χ4n) is 1.67. The molecule has 0 bridgehead atoms. The van der Waals surface area contributed by atoms with Crippen molar-refractivity contribution in [2.45, 2.75) is 18.4 Å². The Morgan fingerprint density at radius 2 is 1.86 bits per heavy atom. The number of hydrogen-bond acceptors (Lipinski definition) is 4. The molecule has 0 unspecified atom stereocenters. The summed E-state index contributed by atoms with van der Waals surface area (Å²) in [7, 11) is 0. The van der Waals surface area contributed by atoms with Gasteiger partial charge in [0.2, 0.25) is 0 Å². The molecule has 4 heteroatoms. The first kappa shape index (κ1) is 9.96. The minimum absolute atomic E-state index is 0.263. The number of hydrogen-bond donors (Lipinski definition) is 1. The first-order valence-electron chi connectivity index (χ1n) is 5.03. The van der Waals surface area contributed by atoms with Crippen molar-refractivity contribution in [1.29, 1.82) is 0 Å². The smallest absolute Gasteiger partial charge is 0.167 e. The highest BCUT2D eigenvalue weighted by molar-refractivity contribution is 5.12. The van der Waals surface area contributed by atoms with Crippen LogP contribution in [0.2, 0.25) is 0 Å². The summed E-state index contributed by atoms with van der Waals surface area (Å²) in [6.45, 7) is 2.27. The molecular weight excluding hydrogens is 184 g/mol. The van der Waals surface area contributed by atoms with Gasteiger partial charge in [-0.25, -0.2) is 0 Å². The molecule has 2 rings (SSSR count). The third-order valence-electron chi connectivity index (χ3n) is 2.45. The van der Waals surface area contributed by atoms with Crippen molar-refractivity contribution in [2.75, 3.05) is 33.0 Å². The maximum Gasteiger partial charge on any atom is 0.167 e. The SMILES string of the molecule is OC1(C2=CCCCO2)COCCOC1. The van der Waals surface area contributed by atoms with E-state index >= 15 is 0 Å². The van der Waals surface area contributed by atoms with Gasteiger partial charge in [0.1, 0.15) is 5.76 Å². The van der Waals surface area contributed by atoms with Crippen LogP contribution in [0.4, 0.5) is 0 Å². The van der Waals surface area contributed by atoms with Crippen molar-refractivity contribution in [3.63, 3.8) is 0 Å². The molecule has 2 heterocycles. The lowest BCUT2D eigenvalue weighted by atomic mass is 10.0.